The van der Waals surface area contributed by atoms with Crippen molar-refractivity contribution in [2.45, 2.75) is 0 Å². The predicted molar refractivity (Wildman–Crippen MR) is 101 cm³/mol. The van der Waals surface area contributed by atoms with E-state index >= 15 is 0 Å². The molecule has 1 aromatic carbocycles. The minimum Gasteiger partial charge on any atom is -0.459 e. The highest BCUT2D eigenvalue weighted by atomic mass is 16.6. The van der Waals surface area contributed by atoms with Gasteiger partial charge in [0.2, 0.25) is 5.52 Å². The monoisotopic (exact) mass is 402 g/mol. The number of carbonyl (C=O) groups is 1. The Bertz CT molecular complexity index is 1020. The lowest BCUT2D eigenvalue weighted by Crippen LogP contribution is -2.48. The van der Waals surface area contributed by atoms with E-state index in [9.17, 15) is 14.9 Å². The van der Waals surface area contributed by atoms with E-state index in [2.05, 4.69) is 15.6 Å². The van der Waals surface area contributed by atoms with E-state index in [-0.39, 0.29) is 47.2 Å². The Morgan fingerprint density at radius 1 is 1.28 bits per heavy atom. The topological polar surface area (TPSA) is 151 Å². The Balaban J connectivity index is 1.61. The molecule has 4 rings (SSSR count). The summed E-state index contributed by atoms with van der Waals surface area (Å²) in [5, 5.41) is 31.0. The van der Waals surface area contributed by atoms with Gasteiger partial charge in [0, 0.05) is 32.7 Å². The molecule has 0 spiro atoms. The Labute approximate surface area is 163 Å². The number of rotatable bonds is 6. The molecule has 0 bridgehead atoms. The number of hydrogen-bond acceptors (Lipinski definition) is 10. The fraction of sp³-hybridized carbons (Fsp3) is 0.353. The fourth-order valence-electron chi connectivity index (χ4n) is 3.37. The molecule has 3 heterocycles. The van der Waals surface area contributed by atoms with Crippen molar-refractivity contribution in [3.63, 3.8) is 0 Å². The molecule has 1 saturated heterocycles. The Kier molecular flexibility index (Phi) is 4.99. The van der Waals surface area contributed by atoms with Crippen LogP contribution in [0.5, 0.6) is 0 Å². The van der Waals surface area contributed by atoms with E-state index in [0.29, 0.717) is 31.9 Å². The average molecular weight is 402 g/mol. The highest BCUT2D eigenvalue weighted by molar-refractivity contribution is 6.00. The molecule has 2 N–H and O–H groups in total. The molecule has 1 fully saturated rings. The van der Waals surface area contributed by atoms with E-state index in [1.807, 2.05) is 4.90 Å². The van der Waals surface area contributed by atoms with Crippen molar-refractivity contribution in [1.82, 2.24) is 15.2 Å². The zero-order valence-electron chi connectivity index (χ0n) is 15.3. The van der Waals surface area contributed by atoms with Gasteiger partial charge in [-0.05, 0) is 28.5 Å². The number of furan rings is 1. The molecule has 0 radical (unpaired) electrons. The van der Waals surface area contributed by atoms with Crippen LogP contribution in [0, 0.1) is 10.1 Å². The van der Waals surface area contributed by atoms with Crippen LogP contribution in [0.25, 0.3) is 11.0 Å². The SMILES string of the molecule is O=C(c1ccco1)N1CCN(c2cc(NCCO)c([N+](=O)[O-])c3nonc23)CC1. The Hall–Kier alpha value is -3.67. The summed E-state index contributed by atoms with van der Waals surface area (Å²) in [7, 11) is 0. The molecule has 1 aliphatic rings. The van der Waals surface area contributed by atoms with Crippen LogP contribution in [0.15, 0.2) is 33.5 Å². The molecular weight excluding hydrogens is 384 g/mol. The van der Waals surface area contributed by atoms with Gasteiger partial charge in [-0.25, -0.2) is 4.63 Å². The number of nitrogens with one attached hydrogen (secondary N) is 1. The number of nitro groups is 1. The molecule has 0 aliphatic carbocycles. The molecule has 1 amide bonds. The van der Waals surface area contributed by atoms with Crippen LogP contribution >= 0.6 is 0 Å². The van der Waals surface area contributed by atoms with Crippen LogP contribution in [0.4, 0.5) is 17.1 Å². The lowest BCUT2D eigenvalue weighted by molar-refractivity contribution is -0.382. The number of nitrogens with zero attached hydrogens (tertiary/aromatic N) is 5. The lowest BCUT2D eigenvalue weighted by Gasteiger charge is -2.35. The molecule has 152 valence electrons. The van der Waals surface area contributed by atoms with E-state index in [0.717, 1.165) is 0 Å². The first-order valence-corrected chi connectivity index (χ1v) is 8.96. The van der Waals surface area contributed by atoms with Crippen molar-refractivity contribution in [2.24, 2.45) is 0 Å². The summed E-state index contributed by atoms with van der Waals surface area (Å²) < 4.78 is 9.94. The van der Waals surface area contributed by atoms with Crippen molar-refractivity contribution in [1.29, 1.82) is 0 Å². The van der Waals surface area contributed by atoms with Gasteiger partial charge in [-0.2, -0.15) is 0 Å². The molecule has 29 heavy (non-hydrogen) atoms. The molecule has 2 aromatic heterocycles. The lowest BCUT2D eigenvalue weighted by atomic mass is 10.1. The maximum Gasteiger partial charge on any atom is 0.323 e. The number of piperazine rings is 1. The van der Waals surface area contributed by atoms with Gasteiger partial charge < -0.3 is 24.6 Å². The van der Waals surface area contributed by atoms with Crippen LogP contribution in [0.3, 0.4) is 0 Å². The summed E-state index contributed by atoms with van der Waals surface area (Å²) in [5.41, 5.74) is 0.873. The van der Waals surface area contributed by atoms with Crippen molar-refractivity contribution in [2.75, 3.05) is 49.5 Å². The molecular formula is C17H18N6O6. The third kappa shape index (κ3) is 3.45. The maximum absolute atomic E-state index is 12.4. The molecule has 0 atom stereocenters. The highest BCUT2D eigenvalue weighted by Crippen LogP contribution is 2.38. The van der Waals surface area contributed by atoms with E-state index in [1.165, 1.54) is 6.26 Å². The van der Waals surface area contributed by atoms with Gasteiger partial charge in [0.1, 0.15) is 5.69 Å². The zero-order chi connectivity index (χ0) is 20.4. The summed E-state index contributed by atoms with van der Waals surface area (Å²) in [6, 6.07) is 4.88. The van der Waals surface area contributed by atoms with Crippen LogP contribution in [-0.2, 0) is 0 Å². The third-order valence-electron chi connectivity index (χ3n) is 4.74. The molecule has 12 nitrogen and oxygen atoms in total. The van der Waals surface area contributed by atoms with Gasteiger partial charge in [-0.1, -0.05) is 0 Å². The summed E-state index contributed by atoms with van der Waals surface area (Å²) in [4.78, 5) is 27.1. The highest BCUT2D eigenvalue weighted by Gasteiger charge is 2.30. The number of amides is 1. The summed E-state index contributed by atoms with van der Waals surface area (Å²) in [6.07, 6.45) is 1.45. The number of anilines is 2. The molecule has 0 unspecified atom stereocenters. The Morgan fingerprint density at radius 3 is 2.69 bits per heavy atom. The van der Waals surface area contributed by atoms with Gasteiger partial charge in [0.05, 0.1) is 23.5 Å². The average Bonchev–Trinajstić information content (AvgIpc) is 3.42. The number of nitro benzene ring substituents is 1. The van der Waals surface area contributed by atoms with Crippen molar-refractivity contribution in [3.8, 4) is 0 Å². The first-order chi connectivity index (χ1) is 14.1. The quantitative estimate of drug-likeness (QED) is 0.453. The molecule has 1 aliphatic heterocycles. The third-order valence-corrected chi connectivity index (χ3v) is 4.74. The van der Waals surface area contributed by atoms with Gasteiger partial charge in [-0.3, -0.25) is 14.9 Å². The van der Waals surface area contributed by atoms with Crippen molar-refractivity contribution in [3.05, 3.63) is 40.3 Å². The largest absolute Gasteiger partial charge is 0.459 e. The molecule has 3 aromatic rings. The van der Waals surface area contributed by atoms with E-state index in [4.69, 9.17) is 14.2 Å². The smallest absolute Gasteiger partial charge is 0.323 e. The summed E-state index contributed by atoms with van der Waals surface area (Å²) >= 11 is 0. The maximum atomic E-state index is 12.4. The zero-order valence-corrected chi connectivity index (χ0v) is 15.3. The predicted octanol–water partition coefficient (Wildman–Crippen LogP) is 1.09. The first kappa shape index (κ1) is 18.7. The number of aliphatic hydroxyl groups excluding tert-OH is 1. The van der Waals surface area contributed by atoms with Crippen LogP contribution in [0.1, 0.15) is 10.6 Å². The number of benzene rings is 1. The van der Waals surface area contributed by atoms with E-state index < -0.39 is 4.92 Å². The van der Waals surface area contributed by atoms with E-state index in [1.54, 1.807) is 23.1 Å². The normalized spacial score (nSPS) is 14.4. The second-order valence-electron chi connectivity index (χ2n) is 6.42. The van der Waals surface area contributed by atoms with Gasteiger partial charge in [-0.15, -0.1) is 0 Å². The molecule has 12 heteroatoms. The second kappa shape index (κ2) is 7.75. The number of aliphatic hydroxyl groups is 1. The fourth-order valence-corrected chi connectivity index (χ4v) is 3.37. The molecule has 0 saturated carbocycles. The number of carbonyl (C=O) groups excluding carboxylic acids is 1. The number of aromatic nitrogens is 2. The van der Waals surface area contributed by atoms with Crippen LogP contribution < -0.4 is 10.2 Å². The van der Waals surface area contributed by atoms with Gasteiger partial charge in [0.15, 0.2) is 11.3 Å². The van der Waals surface area contributed by atoms with Gasteiger partial charge in [0.25, 0.3) is 5.91 Å². The summed E-state index contributed by atoms with van der Waals surface area (Å²) in [6.45, 7) is 1.83. The number of fused-ring (bicyclic) bond motifs is 1. The number of hydrogen-bond donors (Lipinski definition) is 2. The van der Waals surface area contributed by atoms with Crippen LogP contribution in [-0.4, -0.2) is 70.5 Å². The van der Waals surface area contributed by atoms with Gasteiger partial charge >= 0.3 is 5.69 Å². The Morgan fingerprint density at radius 2 is 2.03 bits per heavy atom. The van der Waals surface area contributed by atoms with Crippen LogP contribution in [0.2, 0.25) is 0 Å². The first-order valence-electron chi connectivity index (χ1n) is 8.96. The van der Waals surface area contributed by atoms with Crippen molar-refractivity contribution >= 4 is 34.0 Å². The van der Waals surface area contributed by atoms with Crippen molar-refractivity contribution < 1.29 is 23.9 Å². The summed E-state index contributed by atoms with van der Waals surface area (Å²) in [5.74, 6) is 0.101. The second-order valence-corrected chi connectivity index (χ2v) is 6.42. The standard InChI is InChI=1S/C17H18N6O6/c24-8-3-18-11-10-12(14-15(20-29-19-14)16(11)23(26)27)21-4-6-22(7-5-21)17(25)13-2-1-9-28-13/h1-2,9-10,18,24H,3-8H2. The minimum atomic E-state index is -0.560. The minimum absolute atomic E-state index is 0.0297.